The molecule has 0 radical (unpaired) electrons. The third-order valence-corrected chi connectivity index (χ3v) is 8.73. The highest BCUT2D eigenvalue weighted by molar-refractivity contribution is 9.10. The number of halogens is 1. The fourth-order valence-electron chi connectivity index (χ4n) is 4.99. The number of carbonyl (C=O) groups is 1. The van der Waals surface area contributed by atoms with Crippen molar-refractivity contribution in [3.8, 4) is 0 Å². The summed E-state index contributed by atoms with van der Waals surface area (Å²) in [6.07, 6.45) is 5.98. The summed E-state index contributed by atoms with van der Waals surface area (Å²) in [5.74, 6) is 3.57. The predicted molar refractivity (Wildman–Crippen MR) is 133 cm³/mol. The molecule has 3 aliphatic rings. The van der Waals surface area contributed by atoms with Crippen LogP contribution in [0.25, 0.3) is 10.2 Å². The molecule has 0 bridgehead atoms. The highest BCUT2D eigenvalue weighted by Gasteiger charge is 2.32. The first kappa shape index (κ1) is 20.6. The Labute approximate surface area is 201 Å². The maximum absolute atomic E-state index is 13.0. The monoisotopic (exact) mass is 510 g/mol. The molecule has 0 N–H and O–H groups in total. The van der Waals surface area contributed by atoms with Crippen LogP contribution in [0.15, 0.2) is 28.7 Å². The van der Waals surface area contributed by atoms with Crippen LogP contribution in [-0.4, -0.2) is 47.0 Å². The number of hydrogen-bond donors (Lipinski definition) is 0. The van der Waals surface area contributed by atoms with Crippen LogP contribution < -0.4 is 4.90 Å². The molecule has 3 heterocycles. The smallest absolute Gasteiger partial charge is 0.253 e. The van der Waals surface area contributed by atoms with Crippen molar-refractivity contribution < 1.29 is 4.79 Å². The lowest BCUT2D eigenvalue weighted by molar-refractivity contribution is 0.0746. The quantitative estimate of drug-likeness (QED) is 0.472. The molecule has 3 aromatic rings. The number of hydrogen-bond acceptors (Lipinski definition) is 5. The van der Waals surface area contributed by atoms with E-state index >= 15 is 0 Å². The average molecular weight is 511 g/mol. The van der Waals surface area contributed by atoms with Crippen molar-refractivity contribution in [1.82, 2.24) is 14.9 Å². The maximum Gasteiger partial charge on any atom is 0.253 e. The topological polar surface area (TPSA) is 49.3 Å². The van der Waals surface area contributed by atoms with Crippen LogP contribution in [0, 0.1) is 5.92 Å². The second-order valence-corrected chi connectivity index (χ2v) is 11.5. The van der Waals surface area contributed by atoms with E-state index in [1.54, 1.807) is 0 Å². The van der Waals surface area contributed by atoms with E-state index in [2.05, 4.69) is 27.8 Å². The van der Waals surface area contributed by atoms with Gasteiger partial charge in [-0.2, -0.15) is 0 Å². The van der Waals surface area contributed by atoms with E-state index in [1.165, 1.54) is 46.3 Å². The van der Waals surface area contributed by atoms with E-state index in [9.17, 15) is 4.79 Å². The Morgan fingerprint density at radius 1 is 1.06 bits per heavy atom. The van der Waals surface area contributed by atoms with Crippen molar-refractivity contribution in [2.45, 2.75) is 44.9 Å². The molecule has 166 valence electrons. The van der Waals surface area contributed by atoms with Gasteiger partial charge in [-0.1, -0.05) is 22.9 Å². The summed E-state index contributed by atoms with van der Waals surface area (Å²) in [4.78, 5) is 30.2. The van der Waals surface area contributed by atoms with Gasteiger partial charge in [0.1, 0.15) is 16.5 Å². The standard InChI is InChI=1S/C25H27BrN4OS/c1-15-2-9-19-20(14-15)32-24-21(19)23(27-22(28-24)16-3-4-16)29-10-12-30(13-11-29)25(31)17-5-7-18(26)8-6-17/h5-8,15-16H,2-4,9-14H2,1H3/t15-/m0/s1. The normalized spacial score (nSPS) is 21.1. The zero-order valence-corrected chi connectivity index (χ0v) is 20.7. The SMILES string of the molecule is C[C@H]1CCc2c(sc3nc(C4CC4)nc(N4CCN(C(=O)c5ccc(Br)cc5)CC4)c23)C1. The van der Waals surface area contributed by atoms with Crippen LogP contribution >= 0.6 is 27.3 Å². The van der Waals surface area contributed by atoms with E-state index < -0.39 is 0 Å². The molecule has 5 nitrogen and oxygen atoms in total. The van der Waals surface area contributed by atoms with Gasteiger partial charge in [-0.25, -0.2) is 9.97 Å². The fraction of sp³-hybridized carbons (Fsp3) is 0.480. The molecule has 1 amide bonds. The summed E-state index contributed by atoms with van der Waals surface area (Å²) in [6, 6.07) is 7.66. The average Bonchev–Trinajstić information content (AvgIpc) is 3.59. The maximum atomic E-state index is 13.0. The molecule has 6 rings (SSSR count). The number of piperazine rings is 1. The molecule has 2 aliphatic carbocycles. The number of aryl methyl sites for hydroxylation is 1. The second kappa shape index (κ2) is 8.10. The Morgan fingerprint density at radius 3 is 2.53 bits per heavy atom. The molecule has 1 saturated heterocycles. The molecule has 32 heavy (non-hydrogen) atoms. The van der Waals surface area contributed by atoms with Crippen molar-refractivity contribution in [3.63, 3.8) is 0 Å². The third-order valence-electron chi connectivity index (χ3n) is 7.05. The van der Waals surface area contributed by atoms with E-state index in [0.717, 1.165) is 60.2 Å². The van der Waals surface area contributed by atoms with E-state index in [1.807, 2.05) is 40.5 Å². The highest BCUT2D eigenvalue weighted by Crippen LogP contribution is 2.44. The molecule has 1 atom stereocenters. The summed E-state index contributed by atoms with van der Waals surface area (Å²) < 4.78 is 0.992. The third kappa shape index (κ3) is 3.73. The molecule has 2 fully saturated rings. The van der Waals surface area contributed by atoms with E-state index in [-0.39, 0.29) is 5.91 Å². The summed E-state index contributed by atoms with van der Waals surface area (Å²) in [7, 11) is 0. The lowest BCUT2D eigenvalue weighted by atomic mass is 9.89. The lowest BCUT2D eigenvalue weighted by Crippen LogP contribution is -2.49. The van der Waals surface area contributed by atoms with Gasteiger partial charge in [-0.15, -0.1) is 11.3 Å². The van der Waals surface area contributed by atoms with Crippen molar-refractivity contribution in [3.05, 3.63) is 50.6 Å². The summed E-state index contributed by atoms with van der Waals surface area (Å²) >= 11 is 5.35. The Kier molecular flexibility index (Phi) is 5.22. The van der Waals surface area contributed by atoms with E-state index in [4.69, 9.17) is 9.97 Å². The predicted octanol–water partition coefficient (Wildman–Crippen LogP) is 5.42. The lowest BCUT2D eigenvalue weighted by Gasteiger charge is -2.36. The number of fused-ring (bicyclic) bond motifs is 3. The van der Waals surface area contributed by atoms with Gasteiger partial charge in [0.15, 0.2) is 0 Å². The largest absolute Gasteiger partial charge is 0.352 e. The first-order valence-electron chi connectivity index (χ1n) is 11.7. The van der Waals surface area contributed by atoms with Crippen LogP contribution in [0.2, 0.25) is 0 Å². The highest BCUT2D eigenvalue weighted by atomic mass is 79.9. The van der Waals surface area contributed by atoms with Crippen LogP contribution in [0.1, 0.15) is 58.7 Å². The fourth-order valence-corrected chi connectivity index (χ4v) is 6.64. The summed E-state index contributed by atoms with van der Waals surface area (Å²) in [5.41, 5.74) is 2.25. The molecule has 2 aromatic heterocycles. The number of amides is 1. The van der Waals surface area contributed by atoms with Crippen molar-refractivity contribution in [2.75, 3.05) is 31.1 Å². The Balaban J connectivity index is 1.29. The van der Waals surface area contributed by atoms with Crippen LogP contribution in [0.5, 0.6) is 0 Å². The van der Waals surface area contributed by atoms with Crippen molar-refractivity contribution >= 4 is 49.2 Å². The Bertz CT molecular complexity index is 1180. The van der Waals surface area contributed by atoms with Gasteiger partial charge in [-0.05, 0) is 67.9 Å². The van der Waals surface area contributed by atoms with Gasteiger partial charge in [-0.3, -0.25) is 4.79 Å². The van der Waals surface area contributed by atoms with Gasteiger partial charge in [0.2, 0.25) is 0 Å². The van der Waals surface area contributed by atoms with Crippen LogP contribution in [0.4, 0.5) is 5.82 Å². The number of rotatable bonds is 3. The van der Waals surface area contributed by atoms with Crippen LogP contribution in [-0.2, 0) is 12.8 Å². The molecule has 0 unspecified atom stereocenters. The van der Waals surface area contributed by atoms with Crippen LogP contribution in [0.3, 0.4) is 0 Å². The van der Waals surface area contributed by atoms with Crippen molar-refractivity contribution in [2.24, 2.45) is 5.92 Å². The summed E-state index contributed by atoms with van der Waals surface area (Å²) in [5, 5.41) is 1.30. The Morgan fingerprint density at radius 2 is 1.81 bits per heavy atom. The first-order chi connectivity index (χ1) is 15.6. The molecule has 0 spiro atoms. The number of thiophene rings is 1. The molecular formula is C25H27BrN4OS. The molecule has 1 aliphatic heterocycles. The summed E-state index contributed by atoms with van der Waals surface area (Å²) in [6.45, 7) is 5.45. The number of nitrogens with zero attached hydrogens (tertiary/aromatic N) is 4. The second-order valence-electron chi connectivity index (χ2n) is 9.50. The van der Waals surface area contributed by atoms with E-state index in [0.29, 0.717) is 5.92 Å². The van der Waals surface area contributed by atoms with Gasteiger partial charge in [0.05, 0.1) is 5.39 Å². The molecule has 1 saturated carbocycles. The molecule has 7 heteroatoms. The Hall–Kier alpha value is -1.99. The zero-order valence-electron chi connectivity index (χ0n) is 18.3. The minimum Gasteiger partial charge on any atom is -0.352 e. The number of aromatic nitrogens is 2. The van der Waals surface area contributed by atoms with Gasteiger partial charge < -0.3 is 9.80 Å². The number of carbonyl (C=O) groups excluding carboxylic acids is 1. The zero-order chi connectivity index (χ0) is 21.8. The van der Waals surface area contributed by atoms with Crippen molar-refractivity contribution in [1.29, 1.82) is 0 Å². The van der Waals surface area contributed by atoms with Gasteiger partial charge >= 0.3 is 0 Å². The number of anilines is 1. The molecule has 1 aromatic carbocycles. The number of benzene rings is 1. The minimum absolute atomic E-state index is 0.116. The van der Waals surface area contributed by atoms with Gasteiger partial charge in [0, 0.05) is 47.0 Å². The first-order valence-corrected chi connectivity index (χ1v) is 13.3. The van der Waals surface area contributed by atoms with Gasteiger partial charge in [0.25, 0.3) is 5.91 Å². The minimum atomic E-state index is 0.116. The molecular weight excluding hydrogens is 484 g/mol.